The van der Waals surface area contributed by atoms with Gasteiger partial charge in [0, 0.05) is 49.7 Å². The Morgan fingerprint density at radius 2 is 2.03 bits per heavy atom. The Hall–Kier alpha value is -3.41. The number of aliphatic hydroxyl groups is 1. The molecule has 3 N–H and O–H groups in total. The molecule has 0 unspecified atom stereocenters. The van der Waals surface area contributed by atoms with Crippen molar-refractivity contribution in [3.63, 3.8) is 0 Å². The summed E-state index contributed by atoms with van der Waals surface area (Å²) in [4.78, 5) is 30.3. The zero-order valence-electron chi connectivity index (χ0n) is 18.8. The van der Waals surface area contributed by atoms with Gasteiger partial charge in [-0.3, -0.25) is 14.5 Å². The smallest absolute Gasteiger partial charge is 0.263 e. The summed E-state index contributed by atoms with van der Waals surface area (Å²) in [5.74, 6) is -0.782. The molecule has 35 heavy (non-hydrogen) atoms. The molecule has 9 nitrogen and oxygen atoms in total. The average molecular weight is 485 g/mol. The number of fused-ring (bicyclic) bond motifs is 2. The number of pyridine rings is 2. The van der Waals surface area contributed by atoms with Crippen molar-refractivity contribution in [1.82, 2.24) is 19.8 Å². The number of likely N-dealkylation sites (tertiary alicyclic amines) is 1. The molecule has 0 spiro atoms. The van der Waals surface area contributed by atoms with E-state index in [4.69, 9.17) is 4.74 Å². The van der Waals surface area contributed by atoms with Crippen LogP contribution in [0.3, 0.4) is 0 Å². The topological polar surface area (TPSA) is 109 Å². The lowest BCUT2D eigenvalue weighted by Crippen LogP contribution is -2.53. The maximum Gasteiger partial charge on any atom is 0.263 e. The number of anilines is 1. The number of benzene rings is 1. The molecule has 0 bridgehead atoms. The van der Waals surface area contributed by atoms with Crippen molar-refractivity contribution in [2.45, 2.75) is 31.7 Å². The average Bonchev–Trinajstić information content (AvgIpc) is 2.82. The number of carbonyl (C=O) groups is 1. The largest absolute Gasteiger partial charge is 0.480 e. The lowest BCUT2D eigenvalue weighted by atomic mass is 10.0. The van der Waals surface area contributed by atoms with Gasteiger partial charge in [0.1, 0.15) is 11.6 Å². The highest BCUT2D eigenvalue weighted by Gasteiger charge is 2.27. The van der Waals surface area contributed by atoms with Gasteiger partial charge >= 0.3 is 0 Å². The monoisotopic (exact) mass is 485 g/mol. The fourth-order valence-electron chi connectivity index (χ4n) is 4.57. The van der Waals surface area contributed by atoms with Crippen molar-refractivity contribution >= 4 is 22.6 Å². The second-order valence-electron chi connectivity index (χ2n) is 8.77. The number of amides is 1. The molecule has 2 atom stereocenters. The Balaban J connectivity index is 1.18. The molecule has 4 heterocycles. The minimum atomic E-state index is -0.736. The minimum Gasteiger partial charge on any atom is -0.480 e. The van der Waals surface area contributed by atoms with Crippen LogP contribution in [0.15, 0.2) is 41.2 Å². The number of piperidine rings is 1. The van der Waals surface area contributed by atoms with Gasteiger partial charge in [-0.2, -0.15) is 0 Å². The zero-order valence-corrected chi connectivity index (χ0v) is 18.8. The molecule has 184 valence electrons. The molecule has 0 radical (unpaired) electrons. The molecule has 0 aliphatic carbocycles. The van der Waals surface area contributed by atoms with Crippen molar-refractivity contribution in [1.29, 1.82) is 0 Å². The highest BCUT2D eigenvalue weighted by molar-refractivity contribution is 5.94. The van der Waals surface area contributed by atoms with Crippen molar-refractivity contribution in [3.8, 4) is 5.75 Å². The lowest BCUT2D eigenvalue weighted by Gasteiger charge is -2.36. The number of carbonyl (C=O) groups excluding carboxylic acids is 1. The third kappa shape index (κ3) is 5.02. The normalized spacial score (nSPS) is 20.4. The van der Waals surface area contributed by atoms with Crippen LogP contribution in [0, 0.1) is 11.6 Å². The van der Waals surface area contributed by atoms with Gasteiger partial charge in [0.15, 0.2) is 18.2 Å². The molecule has 5 rings (SSSR count). The summed E-state index contributed by atoms with van der Waals surface area (Å²) < 4.78 is 34.5. The summed E-state index contributed by atoms with van der Waals surface area (Å²) in [6.45, 7) is 2.15. The second-order valence-corrected chi connectivity index (χ2v) is 8.77. The number of rotatable bonds is 6. The van der Waals surface area contributed by atoms with Crippen LogP contribution in [-0.4, -0.2) is 63.9 Å². The third-order valence-electron chi connectivity index (χ3n) is 6.41. The molecular formula is C24H25F2N5O4. The van der Waals surface area contributed by atoms with E-state index in [-0.39, 0.29) is 41.6 Å². The third-order valence-corrected chi connectivity index (χ3v) is 6.41. The fraction of sp³-hybridized carbons (Fsp3) is 0.375. The first-order chi connectivity index (χ1) is 16.9. The molecule has 2 aliphatic rings. The number of hydrogen-bond donors (Lipinski definition) is 3. The molecule has 1 saturated heterocycles. The number of aliphatic hydroxyl groups excluding tert-OH is 1. The highest BCUT2D eigenvalue weighted by Crippen LogP contribution is 2.25. The Kier molecular flexibility index (Phi) is 6.46. The maximum absolute atomic E-state index is 14.1. The van der Waals surface area contributed by atoms with E-state index >= 15 is 0 Å². The molecule has 3 aromatic rings. The molecule has 1 amide bonds. The molecule has 1 aromatic carbocycles. The number of ether oxygens (including phenoxy) is 1. The van der Waals surface area contributed by atoms with Crippen molar-refractivity contribution in [3.05, 3.63) is 64.1 Å². The van der Waals surface area contributed by atoms with E-state index in [0.717, 1.165) is 12.1 Å². The number of aromatic nitrogens is 2. The molecule has 2 aromatic heterocycles. The van der Waals surface area contributed by atoms with Crippen LogP contribution in [0.1, 0.15) is 12.1 Å². The van der Waals surface area contributed by atoms with Crippen LogP contribution in [0.25, 0.3) is 10.9 Å². The van der Waals surface area contributed by atoms with Gasteiger partial charge in [0.25, 0.3) is 11.5 Å². The van der Waals surface area contributed by atoms with E-state index in [1.165, 1.54) is 16.7 Å². The quantitative estimate of drug-likeness (QED) is 0.482. The zero-order chi connectivity index (χ0) is 24.5. The molecule has 11 heteroatoms. The van der Waals surface area contributed by atoms with E-state index in [1.807, 2.05) is 4.90 Å². The summed E-state index contributed by atoms with van der Waals surface area (Å²) in [6.07, 6.45) is 0.0168. The Morgan fingerprint density at radius 3 is 2.86 bits per heavy atom. The van der Waals surface area contributed by atoms with Crippen LogP contribution in [0.2, 0.25) is 0 Å². The van der Waals surface area contributed by atoms with E-state index in [2.05, 4.69) is 15.6 Å². The van der Waals surface area contributed by atoms with Crippen LogP contribution < -0.4 is 20.9 Å². The van der Waals surface area contributed by atoms with Crippen molar-refractivity contribution in [2.24, 2.45) is 0 Å². The number of nitrogens with one attached hydrogen (secondary N) is 2. The van der Waals surface area contributed by atoms with Crippen molar-refractivity contribution in [2.75, 3.05) is 31.6 Å². The van der Waals surface area contributed by atoms with E-state index < -0.39 is 17.7 Å². The van der Waals surface area contributed by atoms with E-state index in [0.29, 0.717) is 49.9 Å². The van der Waals surface area contributed by atoms with Crippen LogP contribution >= 0.6 is 0 Å². The summed E-state index contributed by atoms with van der Waals surface area (Å²) in [7, 11) is 0. The van der Waals surface area contributed by atoms with E-state index in [9.17, 15) is 23.5 Å². The van der Waals surface area contributed by atoms with Gasteiger partial charge in [-0.25, -0.2) is 13.8 Å². The highest BCUT2D eigenvalue weighted by atomic mass is 19.1. The molecule has 2 aliphatic heterocycles. The number of hydrogen-bond acceptors (Lipinski definition) is 7. The Bertz CT molecular complexity index is 1330. The summed E-state index contributed by atoms with van der Waals surface area (Å²) in [5, 5.41) is 16.9. The van der Waals surface area contributed by atoms with Gasteiger partial charge in [-0.05, 0) is 37.2 Å². The molecule has 1 fully saturated rings. The predicted molar refractivity (Wildman–Crippen MR) is 124 cm³/mol. The Labute approximate surface area is 199 Å². The summed E-state index contributed by atoms with van der Waals surface area (Å²) in [6, 6.07) is 8.01. The summed E-state index contributed by atoms with van der Waals surface area (Å²) >= 11 is 0. The van der Waals surface area contributed by atoms with E-state index in [1.54, 1.807) is 12.1 Å². The van der Waals surface area contributed by atoms with Crippen molar-refractivity contribution < 1.29 is 23.4 Å². The lowest BCUT2D eigenvalue weighted by molar-refractivity contribution is -0.118. The maximum atomic E-state index is 14.1. The van der Waals surface area contributed by atoms with Crippen LogP contribution in [0.4, 0.5) is 14.6 Å². The molecular weight excluding hydrogens is 460 g/mol. The minimum absolute atomic E-state index is 0.0278. The van der Waals surface area contributed by atoms with Gasteiger partial charge < -0.3 is 25.0 Å². The first kappa shape index (κ1) is 23.3. The fourth-order valence-corrected chi connectivity index (χ4v) is 4.57. The number of β-amino-alcohol motifs (C(OH)–C–C–N with tert-alkyl or cyclic N) is 1. The van der Waals surface area contributed by atoms with Gasteiger partial charge in [0.05, 0.1) is 17.3 Å². The second kappa shape index (κ2) is 9.68. The standard InChI is InChI=1S/C24H25F2N5O4/c25-14-9-17(26)16-2-4-23(34)31(19(16)10-14)8-7-30-6-5-18(20(32)12-30)27-11-15-1-3-21-24(28-15)29-22(33)13-35-21/h1-4,9-10,18,20,27,32H,5-8,11-13H2,(H,28,29,33)/t18-,20+/m1/s1. The first-order valence-electron chi connectivity index (χ1n) is 11.4. The van der Waals surface area contributed by atoms with Crippen LogP contribution in [0.5, 0.6) is 5.75 Å². The first-order valence-corrected chi connectivity index (χ1v) is 11.4. The predicted octanol–water partition coefficient (Wildman–Crippen LogP) is 1.23. The summed E-state index contributed by atoms with van der Waals surface area (Å²) in [5.41, 5.74) is 0.587. The van der Waals surface area contributed by atoms with Gasteiger partial charge in [-0.1, -0.05) is 0 Å². The van der Waals surface area contributed by atoms with Gasteiger partial charge in [-0.15, -0.1) is 0 Å². The SMILES string of the molecule is O=C1COc2ccc(CN[C@@H]3CCN(CCn4c(=O)ccc5c(F)cc(F)cc54)C[C@@H]3O)nc2N1. The number of halogens is 2. The Morgan fingerprint density at radius 1 is 1.17 bits per heavy atom. The van der Waals surface area contributed by atoms with Crippen LogP contribution in [-0.2, 0) is 17.9 Å². The number of nitrogens with zero attached hydrogens (tertiary/aromatic N) is 3. The van der Waals surface area contributed by atoms with Gasteiger partial charge in [0.2, 0.25) is 0 Å². The molecule has 0 saturated carbocycles.